The Hall–Kier alpha value is -4.07. The van der Waals surface area contributed by atoms with Gasteiger partial charge in [0.2, 0.25) is 0 Å². The van der Waals surface area contributed by atoms with E-state index in [1.54, 1.807) is 13.4 Å². The first-order valence-corrected chi connectivity index (χ1v) is 10.4. The maximum atomic E-state index is 13.8. The Morgan fingerprint density at radius 3 is 2.48 bits per heavy atom. The van der Waals surface area contributed by atoms with Crippen LogP contribution in [0.15, 0.2) is 67.3 Å². The Kier molecular flexibility index (Phi) is 5.12. The van der Waals surface area contributed by atoms with Gasteiger partial charge in [-0.15, -0.1) is 10.2 Å². The van der Waals surface area contributed by atoms with Crippen LogP contribution in [0.25, 0.3) is 28.3 Å². The molecule has 2 aliphatic heterocycles. The van der Waals surface area contributed by atoms with Crippen LogP contribution in [0.1, 0.15) is 24.2 Å². The van der Waals surface area contributed by atoms with Gasteiger partial charge in [-0.1, -0.05) is 6.07 Å². The van der Waals surface area contributed by atoms with E-state index in [9.17, 15) is 8.78 Å². The Bertz CT molecular complexity index is 1400. The molecule has 1 atom stereocenters. The lowest BCUT2D eigenvalue weighted by Gasteiger charge is -2.19. The van der Waals surface area contributed by atoms with Gasteiger partial charge >= 0.3 is 0 Å². The van der Waals surface area contributed by atoms with E-state index in [1.165, 1.54) is 12.1 Å². The molecule has 166 valence electrons. The van der Waals surface area contributed by atoms with Gasteiger partial charge in [-0.3, -0.25) is 0 Å². The van der Waals surface area contributed by atoms with Crippen molar-refractivity contribution < 1.29 is 13.5 Å². The average molecular weight is 445 g/mol. The summed E-state index contributed by atoms with van der Waals surface area (Å²) in [5.41, 5.74) is 4.65. The molecule has 5 rings (SSSR count). The van der Waals surface area contributed by atoms with E-state index in [1.807, 2.05) is 65.7 Å². The van der Waals surface area contributed by atoms with E-state index in [4.69, 9.17) is 4.74 Å². The van der Waals surface area contributed by atoms with Crippen LogP contribution in [0.4, 0.5) is 8.78 Å². The first-order chi connectivity index (χ1) is 15.9. The van der Waals surface area contributed by atoms with Crippen molar-refractivity contribution in [3.8, 4) is 34.1 Å². The highest BCUT2D eigenvalue weighted by atomic mass is 19.1. The minimum Gasteiger partial charge on any atom is -0.495 e. The molecular formula is C25H21F2N5O. The van der Waals surface area contributed by atoms with Gasteiger partial charge in [0, 0.05) is 29.6 Å². The number of imidazole rings is 1. The van der Waals surface area contributed by atoms with Crippen molar-refractivity contribution in [2.24, 2.45) is 0 Å². The minimum absolute atomic E-state index is 0.343. The number of halogens is 2. The SMILES string of the molecule is COc1cc(-c2nnc3n([C@@H](C)c4cc(F)cc(F)c4)cccc2-3)ccc1-n1cnc(C)c1. The number of ether oxygens (including phenoxy) is 1. The van der Waals surface area contributed by atoms with Crippen LogP contribution in [0.2, 0.25) is 0 Å². The summed E-state index contributed by atoms with van der Waals surface area (Å²) in [6.07, 6.45) is 5.50. The van der Waals surface area contributed by atoms with Gasteiger partial charge in [0.25, 0.3) is 0 Å². The van der Waals surface area contributed by atoms with Crippen molar-refractivity contribution >= 4 is 0 Å². The number of hydrogen-bond acceptors (Lipinski definition) is 4. The van der Waals surface area contributed by atoms with Crippen LogP contribution >= 0.6 is 0 Å². The summed E-state index contributed by atoms with van der Waals surface area (Å²) in [6, 6.07) is 12.8. The minimum atomic E-state index is -0.612. The Morgan fingerprint density at radius 2 is 1.79 bits per heavy atom. The summed E-state index contributed by atoms with van der Waals surface area (Å²) in [5, 5.41) is 8.82. The zero-order chi connectivity index (χ0) is 23.1. The molecule has 0 bridgehead atoms. The summed E-state index contributed by atoms with van der Waals surface area (Å²) in [7, 11) is 1.62. The Labute approximate surface area is 189 Å². The standard InChI is InChI=1S/C25H21F2N5O/c1-15-13-31(14-28-15)22-7-6-17(11-23(22)33-3)24-21-5-4-8-32(25(21)30-29-24)16(2)18-9-19(26)12-20(27)10-18/h4-14,16H,1-3H3/t16-/m0/s1. The van der Waals surface area contributed by atoms with Gasteiger partial charge < -0.3 is 13.9 Å². The first-order valence-electron chi connectivity index (χ1n) is 10.4. The van der Waals surface area contributed by atoms with Crippen LogP contribution in [0, 0.1) is 18.6 Å². The molecule has 0 radical (unpaired) electrons. The maximum Gasteiger partial charge on any atom is 0.165 e. The largest absolute Gasteiger partial charge is 0.495 e. The molecule has 8 heteroatoms. The molecule has 0 spiro atoms. The number of benzene rings is 2. The fourth-order valence-corrected chi connectivity index (χ4v) is 4.05. The van der Waals surface area contributed by atoms with E-state index in [0.717, 1.165) is 28.6 Å². The quantitative estimate of drug-likeness (QED) is 0.362. The third-order valence-electron chi connectivity index (χ3n) is 5.72. The highest BCUT2D eigenvalue weighted by molar-refractivity contribution is 5.80. The van der Waals surface area contributed by atoms with E-state index < -0.39 is 11.6 Å². The molecule has 3 aromatic rings. The van der Waals surface area contributed by atoms with Crippen LogP contribution in [-0.2, 0) is 0 Å². The number of aryl methyl sites for hydroxylation is 1. The molecule has 0 saturated carbocycles. The molecule has 0 unspecified atom stereocenters. The molecule has 3 heterocycles. The summed E-state index contributed by atoms with van der Waals surface area (Å²) >= 11 is 0. The van der Waals surface area contributed by atoms with Gasteiger partial charge in [-0.05, 0) is 55.8 Å². The molecule has 0 fully saturated rings. The van der Waals surface area contributed by atoms with Gasteiger partial charge in [0.15, 0.2) is 5.82 Å². The van der Waals surface area contributed by atoms with E-state index >= 15 is 0 Å². The zero-order valence-corrected chi connectivity index (χ0v) is 18.3. The van der Waals surface area contributed by atoms with Crippen LogP contribution in [0.3, 0.4) is 0 Å². The third kappa shape index (κ3) is 3.73. The van der Waals surface area contributed by atoms with Gasteiger partial charge in [-0.2, -0.15) is 0 Å². The molecule has 0 amide bonds. The number of aromatic nitrogens is 5. The number of nitrogens with zero attached hydrogens (tertiary/aromatic N) is 5. The highest BCUT2D eigenvalue weighted by Gasteiger charge is 2.22. The second-order valence-corrected chi connectivity index (χ2v) is 7.89. The predicted molar refractivity (Wildman–Crippen MR) is 121 cm³/mol. The number of hydrogen-bond donors (Lipinski definition) is 0. The van der Waals surface area contributed by atoms with Gasteiger partial charge in [0.1, 0.15) is 23.1 Å². The monoisotopic (exact) mass is 445 g/mol. The predicted octanol–water partition coefficient (Wildman–Crippen LogP) is 5.44. The number of methoxy groups -OCH3 is 1. The lowest BCUT2D eigenvalue weighted by molar-refractivity contribution is 0.413. The fraction of sp³-hybridized carbons (Fsp3) is 0.160. The average Bonchev–Trinajstić information content (AvgIpc) is 3.43. The van der Waals surface area contributed by atoms with Crippen molar-refractivity contribution in [3.05, 3.63) is 90.1 Å². The van der Waals surface area contributed by atoms with Crippen molar-refractivity contribution in [3.63, 3.8) is 0 Å². The van der Waals surface area contributed by atoms with Crippen LogP contribution < -0.4 is 4.74 Å². The molecule has 2 aromatic carbocycles. The van der Waals surface area contributed by atoms with E-state index in [0.29, 0.717) is 22.8 Å². The fourth-order valence-electron chi connectivity index (χ4n) is 4.05. The molecule has 0 N–H and O–H groups in total. The van der Waals surface area contributed by atoms with Crippen LogP contribution in [-0.4, -0.2) is 31.4 Å². The van der Waals surface area contributed by atoms with E-state index in [2.05, 4.69) is 15.2 Å². The van der Waals surface area contributed by atoms with Crippen molar-refractivity contribution in [1.29, 1.82) is 0 Å². The van der Waals surface area contributed by atoms with Crippen molar-refractivity contribution in [2.75, 3.05) is 7.11 Å². The third-order valence-corrected chi connectivity index (χ3v) is 5.72. The molecule has 0 aliphatic carbocycles. The molecule has 6 nitrogen and oxygen atoms in total. The first kappa shape index (κ1) is 20.8. The summed E-state index contributed by atoms with van der Waals surface area (Å²) in [6.45, 7) is 3.80. The number of fused-ring (bicyclic) bond motifs is 1. The summed E-state index contributed by atoms with van der Waals surface area (Å²) in [4.78, 5) is 4.28. The highest BCUT2D eigenvalue weighted by Crippen LogP contribution is 2.36. The number of rotatable bonds is 5. The van der Waals surface area contributed by atoms with Crippen molar-refractivity contribution in [1.82, 2.24) is 24.3 Å². The summed E-state index contributed by atoms with van der Waals surface area (Å²) in [5.74, 6) is 0.0739. The Balaban J connectivity index is 1.54. The molecule has 33 heavy (non-hydrogen) atoms. The number of pyridine rings is 1. The zero-order valence-electron chi connectivity index (χ0n) is 18.3. The Morgan fingerprint density at radius 1 is 1.00 bits per heavy atom. The second kappa shape index (κ2) is 8.12. The van der Waals surface area contributed by atoms with E-state index in [-0.39, 0.29) is 6.04 Å². The lowest BCUT2D eigenvalue weighted by atomic mass is 10.0. The second-order valence-electron chi connectivity index (χ2n) is 7.89. The van der Waals surface area contributed by atoms with Gasteiger partial charge in [0.05, 0.1) is 30.9 Å². The molecule has 0 saturated heterocycles. The van der Waals surface area contributed by atoms with Crippen LogP contribution in [0.5, 0.6) is 5.75 Å². The summed E-state index contributed by atoms with van der Waals surface area (Å²) < 4.78 is 36.9. The normalized spacial score (nSPS) is 12.3. The maximum absolute atomic E-state index is 13.8. The topological polar surface area (TPSA) is 57.8 Å². The van der Waals surface area contributed by atoms with Gasteiger partial charge in [-0.25, -0.2) is 13.8 Å². The molecule has 1 aromatic heterocycles. The lowest BCUT2D eigenvalue weighted by Crippen LogP contribution is -2.11. The molecular weight excluding hydrogens is 424 g/mol. The van der Waals surface area contributed by atoms with Crippen molar-refractivity contribution in [2.45, 2.75) is 19.9 Å². The smallest absolute Gasteiger partial charge is 0.165 e. The molecule has 2 aliphatic rings.